The maximum absolute atomic E-state index is 4.63. The van der Waals surface area contributed by atoms with Crippen LogP contribution in [-0.2, 0) is 6.54 Å². The molecule has 0 radical (unpaired) electrons. The molecule has 3 aromatic heterocycles. The predicted octanol–water partition coefficient (Wildman–Crippen LogP) is 2.44. The number of rotatable bonds is 4. The number of nitrogens with zero attached hydrogens (tertiary/aromatic N) is 6. The number of hydrogen-bond donors (Lipinski definition) is 0. The Morgan fingerprint density at radius 2 is 1.83 bits per heavy atom. The molecule has 24 heavy (non-hydrogen) atoms. The van der Waals surface area contributed by atoms with Crippen LogP contribution in [0.15, 0.2) is 55.5 Å². The first-order valence-corrected chi connectivity index (χ1v) is 8.31. The van der Waals surface area contributed by atoms with Crippen LogP contribution >= 0.6 is 0 Å². The average molecular weight is 320 g/mol. The summed E-state index contributed by atoms with van der Waals surface area (Å²) in [6.07, 6.45) is 13.0. The van der Waals surface area contributed by atoms with Crippen LogP contribution in [0.25, 0.3) is 5.82 Å². The molecule has 1 saturated heterocycles. The first-order valence-electron chi connectivity index (χ1n) is 8.31. The van der Waals surface area contributed by atoms with Crippen LogP contribution in [0, 0.1) is 0 Å². The van der Waals surface area contributed by atoms with Crippen molar-refractivity contribution >= 4 is 0 Å². The predicted molar refractivity (Wildman–Crippen MR) is 90.6 cm³/mol. The van der Waals surface area contributed by atoms with Crippen LogP contribution in [-0.4, -0.2) is 42.5 Å². The summed E-state index contributed by atoms with van der Waals surface area (Å²) in [6.45, 7) is 3.03. The number of hydrogen-bond acceptors (Lipinski definition) is 5. The normalized spacial score (nSPS) is 16.3. The topological polar surface area (TPSA) is 59.7 Å². The summed E-state index contributed by atoms with van der Waals surface area (Å²) in [6, 6.07) is 6.10. The summed E-state index contributed by atoms with van der Waals surface area (Å²) < 4.78 is 1.95. The van der Waals surface area contributed by atoms with E-state index in [0.717, 1.165) is 49.7 Å². The summed E-state index contributed by atoms with van der Waals surface area (Å²) in [7, 11) is 0. The van der Waals surface area contributed by atoms with Crippen LogP contribution in [0.4, 0.5) is 0 Å². The molecule has 0 atom stereocenters. The van der Waals surface area contributed by atoms with E-state index in [1.807, 2.05) is 29.1 Å². The van der Waals surface area contributed by atoms with E-state index in [1.54, 1.807) is 24.9 Å². The molecular formula is C18H20N6. The lowest BCUT2D eigenvalue weighted by Gasteiger charge is -2.31. The van der Waals surface area contributed by atoms with Crippen molar-refractivity contribution in [2.45, 2.75) is 25.3 Å². The minimum atomic E-state index is 0.441. The molecule has 0 spiro atoms. The number of aromatic nitrogens is 5. The van der Waals surface area contributed by atoms with Crippen molar-refractivity contribution in [3.8, 4) is 5.82 Å². The molecule has 6 heteroatoms. The van der Waals surface area contributed by atoms with Gasteiger partial charge >= 0.3 is 0 Å². The molecule has 0 amide bonds. The Morgan fingerprint density at radius 3 is 2.58 bits per heavy atom. The smallest absolute Gasteiger partial charge is 0.159 e. The second-order valence-corrected chi connectivity index (χ2v) is 6.11. The molecule has 3 aromatic rings. The van der Waals surface area contributed by atoms with Gasteiger partial charge in [0.25, 0.3) is 0 Å². The zero-order valence-electron chi connectivity index (χ0n) is 13.5. The number of imidazole rings is 1. The molecule has 4 heterocycles. The Kier molecular flexibility index (Phi) is 4.29. The standard InChI is InChI=1S/C18H20N6/c1-2-6-20-16(3-1)13-23-10-4-15(5-11-23)17-18(22-8-7-21-17)24-12-9-19-14-24/h1-3,6-9,12,14-15H,4-5,10-11,13H2. The van der Waals surface area contributed by atoms with Crippen molar-refractivity contribution in [1.29, 1.82) is 0 Å². The SMILES string of the molecule is c1ccc(CN2CCC(c3nccnc3-n3ccnc3)CC2)nc1. The van der Waals surface area contributed by atoms with Gasteiger partial charge in [-0.2, -0.15) is 0 Å². The van der Waals surface area contributed by atoms with Crippen LogP contribution in [0.2, 0.25) is 0 Å². The van der Waals surface area contributed by atoms with Crippen LogP contribution in [0.1, 0.15) is 30.1 Å². The van der Waals surface area contributed by atoms with Gasteiger partial charge in [-0.15, -0.1) is 0 Å². The van der Waals surface area contributed by atoms with Crippen LogP contribution in [0.3, 0.4) is 0 Å². The third-order valence-corrected chi connectivity index (χ3v) is 4.54. The minimum absolute atomic E-state index is 0.441. The van der Waals surface area contributed by atoms with Gasteiger partial charge in [0.15, 0.2) is 5.82 Å². The molecule has 0 bridgehead atoms. The van der Waals surface area contributed by atoms with Gasteiger partial charge in [0.2, 0.25) is 0 Å². The quantitative estimate of drug-likeness (QED) is 0.739. The fourth-order valence-corrected chi connectivity index (χ4v) is 3.30. The molecule has 122 valence electrons. The molecule has 0 aliphatic carbocycles. The van der Waals surface area contributed by atoms with Crippen LogP contribution < -0.4 is 0 Å². The van der Waals surface area contributed by atoms with Crippen molar-refractivity contribution in [1.82, 2.24) is 29.4 Å². The molecule has 0 N–H and O–H groups in total. The Balaban J connectivity index is 1.45. The molecule has 0 saturated carbocycles. The summed E-state index contributed by atoms with van der Waals surface area (Å²) in [5.41, 5.74) is 2.21. The highest BCUT2D eigenvalue weighted by molar-refractivity contribution is 5.31. The van der Waals surface area contributed by atoms with E-state index in [-0.39, 0.29) is 0 Å². The van der Waals surface area contributed by atoms with E-state index in [0.29, 0.717) is 5.92 Å². The summed E-state index contributed by atoms with van der Waals surface area (Å²) in [5.74, 6) is 1.34. The average Bonchev–Trinajstić information content (AvgIpc) is 3.18. The first kappa shape index (κ1) is 15.0. The number of piperidine rings is 1. The highest BCUT2D eigenvalue weighted by atomic mass is 15.1. The second-order valence-electron chi connectivity index (χ2n) is 6.11. The lowest BCUT2D eigenvalue weighted by atomic mass is 9.93. The Labute approximate surface area is 141 Å². The van der Waals surface area contributed by atoms with E-state index in [4.69, 9.17) is 0 Å². The van der Waals surface area contributed by atoms with Crippen molar-refractivity contribution < 1.29 is 0 Å². The van der Waals surface area contributed by atoms with E-state index < -0.39 is 0 Å². The van der Waals surface area contributed by atoms with E-state index in [1.165, 1.54) is 0 Å². The molecule has 0 aromatic carbocycles. The summed E-state index contributed by atoms with van der Waals surface area (Å²) >= 11 is 0. The third-order valence-electron chi connectivity index (χ3n) is 4.54. The first-order chi connectivity index (χ1) is 11.9. The largest absolute Gasteiger partial charge is 0.297 e. The Bertz CT molecular complexity index is 763. The molecule has 1 aliphatic rings. The van der Waals surface area contributed by atoms with E-state index >= 15 is 0 Å². The lowest BCUT2D eigenvalue weighted by molar-refractivity contribution is 0.201. The van der Waals surface area contributed by atoms with E-state index in [9.17, 15) is 0 Å². The maximum atomic E-state index is 4.63. The lowest BCUT2D eigenvalue weighted by Crippen LogP contribution is -2.33. The van der Waals surface area contributed by atoms with Gasteiger partial charge in [0.05, 0.1) is 11.4 Å². The molecule has 1 aliphatic heterocycles. The van der Waals surface area contributed by atoms with Crippen LogP contribution in [0.5, 0.6) is 0 Å². The van der Waals surface area contributed by atoms with Gasteiger partial charge in [-0.3, -0.25) is 19.4 Å². The van der Waals surface area contributed by atoms with Crippen molar-refractivity contribution in [3.05, 3.63) is 66.9 Å². The Hall–Kier alpha value is -2.60. The highest BCUT2D eigenvalue weighted by Crippen LogP contribution is 2.29. The highest BCUT2D eigenvalue weighted by Gasteiger charge is 2.24. The van der Waals surface area contributed by atoms with Gasteiger partial charge in [-0.25, -0.2) is 9.97 Å². The third kappa shape index (κ3) is 3.19. The van der Waals surface area contributed by atoms with Gasteiger partial charge in [-0.1, -0.05) is 6.07 Å². The minimum Gasteiger partial charge on any atom is -0.297 e. The summed E-state index contributed by atoms with van der Waals surface area (Å²) in [5, 5.41) is 0. The molecule has 1 fully saturated rings. The fourth-order valence-electron chi connectivity index (χ4n) is 3.30. The van der Waals surface area contributed by atoms with Gasteiger partial charge < -0.3 is 0 Å². The Morgan fingerprint density at radius 1 is 0.958 bits per heavy atom. The zero-order chi connectivity index (χ0) is 16.2. The second kappa shape index (κ2) is 6.88. The molecule has 0 unspecified atom stereocenters. The van der Waals surface area contributed by atoms with Gasteiger partial charge in [-0.05, 0) is 38.1 Å². The summed E-state index contributed by atoms with van der Waals surface area (Å²) in [4.78, 5) is 20.2. The monoisotopic (exact) mass is 320 g/mol. The van der Waals surface area contributed by atoms with Crippen molar-refractivity contribution in [2.75, 3.05) is 13.1 Å². The van der Waals surface area contributed by atoms with E-state index in [2.05, 4.69) is 30.9 Å². The number of pyridine rings is 1. The van der Waals surface area contributed by atoms with Crippen molar-refractivity contribution in [3.63, 3.8) is 0 Å². The zero-order valence-corrected chi connectivity index (χ0v) is 13.5. The number of likely N-dealkylation sites (tertiary alicyclic amines) is 1. The van der Waals surface area contributed by atoms with Crippen molar-refractivity contribution in [2.24, 2.45) is 0 Å². The fraction of sp³-hybridized carbons (Fsp3) is 0.333. The van der Waals surface area contributed by atoms with Gasteiger partial charge in [0.1, 0.15) is 6.33 Å². The maximum Gasteiger partial charge on any atom is 0.159 e. The molecule has 6 nitrogen and oxygen atoms in total. The molecule has 4 rings (SSSR count). The molecular weight excluding hydrogens is 300 g/mol. The van der Waals surface area contributed by atoms with Gasteiger partial charge in [0, 0.05) is 43.4 Å².